The summed E-state index contributed by atoms with van der Waals surface area (Å²) in [5.74, 6) is -0.665. The number of hydrogen-bond donors (Lipinski definition) is 1. The van der Waals surface area contributed by atoms with E-state index in [1.807, 2.05) is 0 Å². The lowest BCUT2D eigenvalue weighted by atomic mass is 10.3. The van der Waals surface area contributed by atoms with Gasteiger partial charge in [-0.05, 0) is 20.8 Å². The first kappa shape index (κ1) is 15.4. The van der Waals surface area contributed by atoms with Crippen LogP contribution in [0.4, 0.5) is 0 Å². The molecule has 0 bridgehead atoms. The molecule has 0 aromatic heterocycles. The quantitative estimate of drug-likeness (QED) is 0.417. The smallest absolute Gasteiger partial charge is 0.332 e. The van der Waals surface area contributed by atoms with Crippen molar-refractivity contribution in [3.8, 4) is 0 Å². The number of nitrogens with one attached hydrogen (secondary N) is 1. The Balaban J connectivity index is 4.33. The Bertz CT molecular complexity index is 302. The first-order valence-corrected chi connectivity index (χ1v) is 5.35. The van der Waals surface area contributed by atoms with Gasteiger partial charge in [-0.1, -0.05) is 0 Å². The van der Waals surface area contributed by atoms with Crippen LogP contribution in [0.1, 0.15) is 20.8 Å². The Kier molecular flexibility index (Phi) is 6.97. The Morgan fingerprint density at radius 2 is 2.06 bits per heavy atom. The van der Waals surface area contributed by atoms with Crippen LogP contribution in [0.25, 0.3) is 0 Å². The van der Waals surface area contributed by atoms with Gasteiger partial charge in [0.15, 0.2) is 0 Å². The van der Waals surface area contributed by atoms with Gasteiger partial charge in [-0.25, -0.2) is 9.86 Å². The maximum atomic E-state index is 11.6. The highest BCUT2D eigenvalue weighted by atomic mass is 16.7. The van der Waals surface area contributed by atoms with Crippen molar-refractivity contribution in [1.29, 1.82) is 0 Å². The highest BCUT2D eigenvalue weighted by Gasteiger charge is 2.17. The summed E-state index contributed by atoms with van der Waals surface area (Å²) in [6, 6.07) is -0.481. The van der Waals surface area contributed by atoms with E-state index in [0.717, 1.165) is 5.06 Å². The molecule has 0 saturated carbocycles. The molecule has 0 aromatic carbocycles. The van der Waals surface area contributed by atoms with Gasteiger partial charge >= 0.3 is 5.97 Å². The van der Waals surface area contributed by atoms with E-state index < -0.39 is 12.0 Å². The number of rotatable bonds is 6. The number of carbonyl (C=O) groups excluding carboxylic acids is 2. The molecule has 0 heterocycles. The van der Waals surface area contributed by atoms with Crippen molar-refractivity contribution in [2.24, 2.45) is 0 Å². The summed E-state index contributed by atoms with van der Waals surface area (Å²) >= 11 is 0. The number of amides is 1. The fourth-order valence-electron chi connectivity index (χ4n) is 1.17. The van der Waals surface area contributed by atoms with Gasteiger partial charge < -0.3 is 10.1 Å². The van der Waals surface area contributed by atoms with Crippen molar-refractivity contribution < 1.29 is 19.2 Å². The minimum atomic E-state index is -0.481. The van der Waals surface area contributed by atoms with Crippen LogP contribution in [0.15, 0.2) is 11.8 Å². The van der Waals surface area contributed by atoms with E-state index in [1.165, 1.54) is 20.2 Å². The number of ether oxygens (including phenoxy) is 1. The molecule has 98 valence electrons. The molecule has 0 rings (SSSR count). The zero-order chi connectivity index (χ0) is 13.4. The van der Waals surface area contributed by atoms with Crippen LogP contribution >= 0.6 is 0 Å². The second-order valence-electron chi connectivity index (χ2n) is 3.46. The molecule has 0 saturated heterocycles. The number of esters is 1. The molecule has 0 aromatic rings. The molecule has 17 heavy (non-hydrogen) atoms. The van der Waals surface area contributed by atoms with Crippen molar-refractivity contribution >= 4 is 11.9 Å². The van der Waals surface area contributed by atoms with Crippen LogP contribution in [-0.2, 0) is 19.2 Å². The summed E-state index contributed by atoms with van der Waals surface area (Å²) in [4.78, 5) is 27.5. The molecule has 1 N–H and O–H groups in total. The largest absolute Gasteiger partial charge is 0.463 e. The van der Waals surface area contributed by atoms with Gasteiger partial charge in [0.25, 0.3) is 5.91 Å². The van der Waals surface area contributed by atoms with Crippen molar-refractivity contribution in [1.82, 2.24) is 10.4 Å². The SMILES string of the molecule is CCOC(=O)C=C(C)NC(C)C(=O)N(C)OC. The number of hydroxylamine groups is 2. The molecule has 0 aliphatic carbocycles. The van der Waals surface area contributed by atoms with E-state index in [1.54, 1.807) is 20.8 Å². The molecule has 0 spiro atoms. The Morgan fingerprint density at radius 3 is 2.53 bits per heavy atom. The predicted octanol–water partition coefficient (Wildman–Crippen LogP) is 0.451. The summed E-state index contributed by atoms with van der Waals surface area (Å²) in [6.07, 6.45) is 1.31. The van der Waals surface area contributed by atoms with Gasteiger partial charge in [-0.3, -0.25) is 9.63 Å². The second-order valence-corrected chi connectivity index (χ2v) is 3.46. The molecule has 6 nitrogen and oxygen atoms in total. The van der Waals surface area contributed by atoms with Crippen molar-refractivity contribution in [2.75, 3.05) is 20.8 Å². The second kappa shape index (κ2) is 7.67. The lowest BCUT2D eigenvalue weighted by molar-refractivity contribution is -0.170. The average Bonchev–Trinajstić information content (AvgIpc) is 2.26. The topological polar surface area (TPSA) is 67.9 Å². The third kappa shape index (κ3) is 5.91. The highest BCUT2D eigenvalue weighted by Crippen LogP contribution is 1.97. The first-order chi connectivity index (χ1) is 7.92. The number of nitrogens with zero attached hydrogens (tertiary/aromatic N) is 1. The molecule has 0 radical (unpaired) electrons. The molecule has 1 amide bonds. The highest BCUT2D eigenvalue weighted by molar-refractivity contribution is 5.83. The number of hydrogen-bond acceptors (Lipinski definition) is 5. The first-order valence-electron chi connectivity index (χ1n) is 5.35. The van der Waals surface area contributed by atoms with Gasteiger partial charge in [0.05, 0.1) is 13.7 Å². The van der Waals surface area contributed by atoms with Crippen LogP contribution in [0, 0.1) is 0 Å². The van der Waals surface area contributed by atoms with Gasteiger partial charge in [0.2, 0.25) is 0 Å². The number of likely N-dealkylation sites (N-methyl/N-ethyl adjacent to an activating group) is 1. The summed E-state index contributed by atoms with van der Waals surface area (Å²) in [5, 5.41) is 3.99. The minimum Gasteiger partial charge on any atom is -0.463 e. The van der Waals surface area contributed by atoms with Crippen LogP contribution in [-0.4, -0.2) is 43.7 Å². The Labute approximate surface area is 102 Å². The molecular weight excluding hydrogens is 224 g/mol. The van der Waals surface area contributed by atoms with Gasteiger partial charge in [-0.2, -0.15) is 0 Å². The van der Waals surface area contributed by atoms with Gasteiger partial charge in [0, 0.05) is 18.8 Å². The zero-order valence-electron chi connectivity index (χ0n) is 10.9. The van der Waals surface area contributed by atoms with E-state index >= 15 is 0 Å². The lowest BCUT2D eigenvalue weighted by Gasteiger charge is -2.20. The maximum absolute atomic E-state index is 11.6. The van der Waals surface area contributed by atoms with Crippen molar-refractivity contribution in [3.05, 3.63) is 11.8 Å². The summed E-state index contributed by atoms with van der Waals surface area (Å²) < 4.78 is 4.75. The Morgan fingerprint density at radius 1 is 1.47 bits per heavy atom. The van der Waals surface area contributed by atoms with E-state index in [4.69, 9.17) is 9.57 Å². The molecule has 0 aliphatic rings. The van der Waals surface area contributed by atoms with Crippen LogP contribution < -0.4 is 5.32 Å². The van der Waals surface area contributed by atoms with E-state index in [2.05, 4.69) is 5.32 Å². The third-order valence-corrected chi connectivity index (χ3v) is 2.02. The lowest BCUT2D eigenvalue weighted by Crippen LogP contribution is -2.42. The predicted molar refractivity (Wildman–Crippen MR) is 62.8 cm³/mol. The van der Waals surface area contributed by atoms with Crippen LogP contribution in [0.5, 0.6) is 0 Å². The fourth-order valence-corrected chi connectivity index (χ4v) is 1.17. The van der Waals surface area contributed by atoms with E-state index in [-0.39, 0.29) is 5.91 Å². The Hall–Kier alpha value is -1.56. The third-order valence-electron chi connectivity index (χ3n) is 2.02. The normalized spacial score (nSPS) is 12.9. The molecule has 6 heteroatoms. The molecule has 0 fully saturated rings. The van der Waals surface area contributed by atoms with Crippen molar-refractivity contribution in [2.45, 2.75) is 26.8 Å². The molecular formula is C11H20N2O4. The monoisotopic (exact) mass is 244 g/mol. The van der Waals surface area contributed by atoms with Gasteiger partial charge in [-0.15, -0.1) is 0 Å². The maximum Gasteiger partial charge on any atom is 0.332 e. The standard InChI is InChI=1S/C11H20N2O4/c1-6-17-10(14)7-8(2)12-9(3)11(15)13(4)16-5/h7,9,12H,6H2,1-5H3. The summed E-state index contributed by atoms with van der Waals surface area (Å²) in [5.41, 5.74) is 0.564. The van der Waals surface area contributed by atoms with Crippen molar-refractivity contribution in [3.63, 3.8) is 0 Å². The molecule has 0 aliphatic heterocycles. The summed E-state index contributed by atoms with van der Waals surface area (Å²) in [7, 11) is 2.93. The van der Waals surface area contributed by atoms with Crippen LogP contribution in [0.3, 0.4) is 0 Å². The minimum absolute atomic E-state index is 0.232. The van der Waals surface area contributed by atoms with E-state index in [0.29, 0.717) is 12.3 Å². The molecule has 1 atom stereocenters. The van der Waals surface area contributed by atoms with Gasteiger partial charge in [0.1, 0.15) is 6.04 Å². The van der Waals surface area contributed by atoms with E-state index in [9.17, 15) is 9.59 Å². The average molecular weight is 244 g/mol. The number of allylic oxidation sites excluding steroid dienone is 1. The number of carbonyl (C=O) groups is 2. The fraction of sp³-hybridized carbons (Fsp3) is 0.636. The van der Waals surface area contributed by atoms with Crippen LogP contribution in [0.2, 0.25) is 0 Å². The summed E-state index contributed by atoms with van der Waals surface area (Å²) in [6.45, 7) is 5.42. The zero-order valence-corrected chi connectivity index (χ0v) is 10.9. The molecule has 1 unspecified atom stereocenters.